The van der Waals surface area contributed by atoms with E-state index in [2.05, 4.69) is 5.32 Å². The van der Waals surface area contributed by atoms with Crippen LogP contribution in [0.25, 0.3) is 0 Å². The predicted molar refractivity (Wildman–Crippen MR) is 29.2 cm³/mol. The third-order valence-electron chi connectivity index (χ3n) is 1.38. The van der Waals surface area contributed by atoms with Gasteiger partial charge >= 0.3 is 18.9 Å². The number of rotatable bonds is 1. The first-order valence-corrected chi connectivity index (χ1v) is 2.77. The van der Waals surface area contributed by atoms with Crippen LogP contribution in [0.2, 0.25) is 0 Å². The molecule has 0 aromatic rings. The quantitative estimate of drug-likeness (QED) is 0.348. The monoisotopic (exact) mass is 109 g/mol. The van der Waals surface area contributed by atoms with E-state index in [1.165, 1.54) is 6.42 Å². The summed E-state index contributed by atoms with van der Waals surface area (Å²) in [5.41, 5.74) is 0. The Morgan fingerprint density at radius 3 is 2.75 bits per heavy atom. The number of hydrogen-bond acceptors (Lipinski definition) is 2. The summed E-state index contributed by atoms with van der Waals surface area (Å²) in [4.78, 5) is 0. The molecule has 0 unspecified atom stereocenters. The van der Waals surface area contributed by atoms with Crippen LogP contribution in [-0.4, -0.2) is 24.3 Å². The summed E-state index contributed by atoms with van der Waals surface area (Å²) in [5.74, 6) is 0. The molecule has 0 amide bonds. The van der Waals surface area contributed by atoms with E-state index in [0.717, 1.165) is 13.0 Å². The van der Waals surface area contributed by atoms with Gasteiger partial charge in [0.25, 0.3) is 0 Å². The summed E-state index contributed by atoms with van der Waals surface area (Å²) >= 11 is 0. The minimum Gasteiger partial charge on any atom is -1.00 e. The van der Waals surface area contributed by atoms with Crippen LogP contribution in [0, 0.1) is 0 Å². The predicted octanol–water partition coefficient (Wildman–Crippen LogP) is -3.15. The zero-order valence-corrected chi connectivity index (χ0v) is 5.35. The molecule has 1 atom stereocenters. The Kier molecular flexibility index (Phi) is 4.69. The number of hydrogen-bond donors (Lipinski definition) is 2. The van der Waals surface area contributed by atoms with Crippen LogP contribution in [0.4, 0.5) is 0 Å². The average molecular weight is 109 g/mol. The van der Waals surface area contributed by atoms with Crippen molar-refractivity contribution in [2.24, 2.45) is 0 Å². The zero-order valence-electron chi connectivity index (χ0n) is 6.35. The van der Waals surface area contributed by atoms with Crippen LogP contribution in [0.3, 0.4) is 0 Å². The molecule has 0 bridgehead atoms. The fourth-order valence-corrected chi connectivity index (χ4v) is 0.913. The number of aliphatic hydroxyl groups is 1. The Labute approximate surface area is 63.3 Å². The first-order chi connectivity index (χ1) is 3.43. The number of nitrogens with one attached hydrogen (secondary N) is 1. The molecule has 1 aliphatic heterocycles. The van der Waals surface area contributed by atoms with E-state index in [1.54, 1.807) is 0 Å². The molecule has 1 saturated heterocycles. The first-order valence-electron chi connectivity index (χ1n) is 2.77. The minimum atomic E-state index is 0. The van der Waals surface area contributed by atoms with Crippen molar-refractivity contribution < 1.29 is 25.4 Å². The molecule has 8 heavy (non-hydrogen) atoms. The van der Waals surface area contributed by atoms with Gasteiger partial charge in [0.1, 0.15) is 0 Å². The van der Waals surface area contributed by atoms with Crippen molar-refractivity contribution in [1.82, 2.24) is 5.32 Å². The van der Waals surface area contributed by atoms with Gasteiger partial charge in [0.15, 0.2) is 0 Å². The summed E-state index contributed by atoms with van der Waals surface area (Å²) in [5, 5.41) is 11.7. The molecule has 0 aromatic heterocycles. The standard InChI is InChI=1S/C5H11NO.Li.H/c7-4-5-2-1-3-6-5;;/h5-7H,1-4H2;;/q;+1;-1/t5-;;/m0../s1. The van der Waals surface area contributed by atoms with Gasteiger partial charge < -0.3 is 11.8 Å². The molecule has 2 N–H and O–H groups in total. The molecule has 0 aliphatic carbocycles. The molecule has 1 aliphatic rings. The van der Waals surface area contributed by atoms with E-state index >= 15 is 0 Å². The minimum absolute atomic E-state index is 0. The van der Waals surface area contributed by atoms with E-state index in [9.17, 15) is 0 Å². The Morgan fingerprint density at radius 2 is 2.50 bits per heavy atom. The molecule has 1 heterocycles. The largest absolute Gasteiger partial charge is 1.00 e. The van der Waals surface area contributed by atoms with Crippen LogP contribution < -0.4 is 24.2 Å². The second kappa shape index (κ2) is 4.40. The smallest absolute Gasteiger partial charge is 1.00 e. The average Bonchev–Trinajstić information content (AvgIpc) is 2.14. The van der Waals surface area contributed by atoms with Gasteiger partial charge in [-0.2, -0.15) is 0 Å². The molecule has 1 fully saturated rings. The Morgan fingerprint density at radius 1 is 1.75 bits per heavy atom. The topological polar surface area (TPSA) is 32.3 Å². The molecule has 44 valence electrons. The summed E-state index contributed by atoms with van der Waals surface area (Å²) in [6.07, 6.45) is 2.38. The SMILES string of the molecule is OC[C@@H]1CCCN1.[H-].[Li+]. The number of aliphatic hydroxyl groups excluding tert-OH is 1. The third kappa shape index (κ3) is 2.19. The van der Waals surface area contributed by atoms with E-state index in [0.29, 0.717) is 12.6 Å². The molecule has 0 aromatic carbocycles. The fraction of sp³-hybridized carbons (Fsp3) is 1.00. The maximum Gasteiger partial charge on any atom is 1.00 e. The van der Waals surface area contributed by atoms with Gasteiger partial charge in [-0.15, -0.1) is 0 Å². The zero-order chi connectivity index (χ0) is 5.11. The van der Waals surface area contributed by atoms with Gasteiger partial charge in [-0.25, -0.2) is 0 Å². The van der Waals surface area contributed by atoms with Gasteiger partial charge in [0.05, 0.1) is 6.61 Å². The summed E-state index contributed by atoms with van der Waals surface area (Å²) in [6.45, 7) is 1.39. The second-order valence-corrected chi connectivity index (χ2v) is 1.98. The van der Waals surface area contributed by atoms with Crippen molar-refractivity contribution in [3.8, 4) is 0 Å². The van der Waals surface area contributed by atoms with Gasteiger partial charge in [-0.05, 0) is 19.4 Å². The van der Waals surface area contributed by atoms with E-state index in [1.807, 2.05) is 0 Å². The van der Waals surface area contributed by atoms with Gasteiger partial charge in [0.2, 0.25) is 0 Å². The summed E-state index contributed by atoms with van der Waals surface area (Å²) < 4.78 is 0. The van der Waals surface area contributed by atoms with Gasteiger partial charge in [0, 0.05) is 6.04 Å². The summed E-state index contributed by atoms with van der Waals surface area (Å²) in [6, 6.07) is 0.403. The van der Waals surface area contributed by atoms with Crippen molar-refractivity contribution in [3.05, 3.63) is 0 Å². The molecular weight excluding hydrogens is 97.0 g/mol. The maximum absolute atomic E-state index is 8.50. The molecule has 3 heteroatoms. The fourth-order valence-electron chi connectivity index (χ4n) is 0.913. The van der Waals surface area contributed by atoms with E-state index in [4.69, 9.17) is 5.11 Å². The molecule has 1 rings (SSSR count). The Hall–Kier alpha value is 0.517. The molecule has 0 saturated carbocycles. The summed E-state index contributed by atoms with van der Waals surface area (Å²) in [7, 11) is 0. The molecule has 0 spiro atoms. The normalized spacial score (nSPS) is 27.4. The van der Waals surface area contributed by atoms with Crippen molar-refractivity contribution >= 4 is 0 Å². The van der Waals surface area contributed by atoms with Gasteiger partial charge in [-0.1, -0.05) is 0 Å². The Bertz CT molecular complexity index is 58.9. The second-order valence-electron chi connectivity index (χ2n) is 1.98. The van der Waals surface area contributed by atoms with Crippen LogP contribution in [0.15, 0.2) is 0 Å². The molecule has 0 radical (unpaired) electrons. The van der Waals surface area contributed by atoms with Crippen molar-refractivity contribution in [1.29, 1.82) is 0 Å². The van der Waals surface area contributed by atoms with E-state index < -0.39 is 0 Å². The van der Waals surface area contributed by atoms with Crippen LogP contribution in [0.1, 0.15) is 14.3 Å². The Balaban J connectivity index is 0. The van der Waals surface area contributed by atoms with E-state index in [-0.39, 0.29) is 20.3 Å². The molecular formula is C5H12LiNO. The van der Waals surface area contributed by atoms with Gasteiger partial charge in [-0.3, -0.25) is 0 Å². The third-order valence-corrected chi connectivity index (χ3v) is 1.38. The van der Waals surface area contributed by atoms with Crippen LogP contribution in [0.5, 0.6) is 0 Å². The van der Waals surface area contributed by atoms with Crippen LogP contribution >= 0.6 is 0 Å². The van der Waals surface area contributed by atoms with Crippen molar-refractivity contribution in [3.63, 3.8) is 0 Å². The van der Waals surface area contributed by atoms with Crippen molar-refractivity contribution in [2.45, 2.75) is 18.9 Å². The maximum atomic E-state index is 8.50. The van der Waals surface area contributed by atoms with Crippen LogP contribution in [-0.2, 0) is 0 Å². The first kappa shape index (κ1) is 8.52. The van der Waals surface area contributed by atoms with Crippen molar-refractivity contribution in [2.75, 3.05) is 13.2 Å². The molecule has 2 nitrogen and oxygen atoms in total.